The lowest BCUT2D eigenvalue weighted by atomic mass is 9.63. The fraction of sp³-hybridized carbons (Fsp3) is 0.923. The molecule has 0 spiro atoms. The monoisotopic (exact) mass is 244 g/mol. The molecule has 100 valence electrons. The molecule has 0 radical (unpaired) electrons. The second-order valence-corrected chi connectivity index (χ2v) is 5.72. The summed E-state index contributed by atoms with van der Waals surface area (Å²) in [5.74, 6) is 0.224. The molecule has 2 N–H and O–H groups in total. The molecule has 0 aromatic heterocycles. The van der Waals surface area contributed by atoms with Crippen LogP contribution in [0, 0.1) is 11.8 Å². The number of ether oxygens (including phenoxy) is 1. The van der Waals surface area contributed by atoms with Gasteiger partial charge in [0.1, 0.15) is 0 Å². The van der Waals surface area contributed by atoms with Crippen molar-refractivity contribution in [2.24, 2.45) is 11.8 Å². The van der Waals surface area contributed by atoms with Gasteiger partial charge in [0.05, 0.1) is 17.8 Å². The van der Waals surface area contributed by atoms with Crippen LogP contribution < -0.4 is 0 Å². The van der Waals surface area contributed by atoms with Crippen LogP contribution in [-0.4, -0.2) is 34.0 Å². The Kier molecular flexibility index (Phi) is 4.20. The van der Waals surface area contributed by atoms with Gasteiger partial charge in [0.2, 0.25) is 0 Å². The highest BCUT2D eigenvalue weighted by Gasteiger charge is 2.58. The summed E-state index contributed by atoms with van der Waals surface area (Å²) in [6.45, 7) is 8.29. The molecule has 0 bridgehead atoms. The van der Waals surface area contributed by atoms with Crippen LogP contribution in [0.4, 0.5) is 0 Å². The number of rotatable bonds is 0. The first-order valence-corrected chi connectivity index (χ1v) is 6.27. The van der Waals surface area contributed by atoms with E-state index in [9.17, 15) is 5.11 Å². The first kappa shape index (κ1) is 14.5. The number of aliphatic carboxylic acids is 1. The van der Waals surface area contributed by atoms with Crippen LogP contribution in [0.15, 0.2) is 0 Å². The largest absolute Gasteiger partial charge is 0.481 e. The van der Waals surface area contributed by atoms with Crippen LogP contribution in [0.2, 0.25) is 0 Å². The van der Waals surface area contributed by atoms with Crippen LogP contribution in [0.1, 0.15) is 47.0 Å². The molecule has 1 aliphatic heterocycles. The minimum Gasteiger partial charge on any atom is -0.481 e. The van der Waals surface area contributed by atoms with Gasteiger partial charge in [0, 0.05) is 13.3 Å². The summed E-state index contributed by atoms with van der Waals surface area (Å²) in [6.07, 6.45) is 2.96. The first-order valence-electron chi connectivity index (χ1n) is 6.27. The number of carboxylic acid groups (broad SMARTS) is 1. The van der Waals surface area contributed by atoms with Crippen LogP contribution >= 0.6 is 0 Å². The van der Waals surface area contributed by atoms with E-state index in [0.717, 1.165) is 32.8 Å². The van der Waals surface area contributed by atoms with Crippen molar-refractivity contribution in [1.82, 2.24) is 0 Å². The van der Waals surface area contributed by atoms with Gasteiger partial charge < -0.3 is 14.9 Å². The molecular formula is C13H24O4. The molecule has 17 heavy (non-hydrogen) atoms. The molecule has 1 saturated heterocycles. The Balaban J connectivity index is 0.000000317. The van der Waals surface area contributed by atoms with Gasteiger partial charge in [-0.1, -0.05) is 13.8 Å². The Bertz CT molecular complexity index is 287. The van der Waals surface area contributed by atoms with Crippen molar-refractivity contribution >= 4 is 5.97 Å². The fourth-order valence-electron chi connectivity index (χ4n) is 3.37. The van der Waals surface area contributed by atoms with E-state index in [1.165, 1.54) is 0 Å². The molecule has 0 aromatic carbocycles. The standard InChI is InChI=1S/C11H20O2.C2H4O2/c1-8-6-9(2)11(12)4-5-13-10(11,3)7-8;1-2(3)4/h8-9,12H,4-7H2,1-3H3;1H3,(H,3,4). The highest BCUT2D eigenvalue weighted by atomic mass is 16.5. The lowest BCUT2D eigenvalue weighted by molar-refractivity contribution is -0.169. The minimum atomic E-state index is -0.833. The summed E-state index contributed by atoms with van der Waals surface area (Å²) >= 11 is 0. The molecule has 4 atom stereocenters. The van der Waals surface area contributed by atoms with Gasteiger partial charge in [-0.05, 0) is 31.6 Å². The van der Waals surface area contributed by atoms with Crippen LogP contribution in [0.3, 0.4) is 0 Å². The Morgan fingerprint density at radius 1 is 1.41 bits per heavy atom. The Labute approximate surface area is 103 Å². The second-order valence-electron chi connectivity index (χ2n) is 5.72. The number of hydrogen-bond acceptors (Lipinski definition) is 3. The molecular weight excluding hydrogens is 220 g/mol. The molecule has 1 aliphatic carbocycles. The van der Waals surface area contributed by atoms with Gasteiger partial charge in [-0.3, -0.25) is 4.79 Å². The van der Waals surface area contributed by atoms with Crippen molar-refractivity contribution in [3.05, 3.63) is 0 Å². The van der Waals surface area contributed by atoms with Crippen molar-refractivity contribution in [2.75, 3.05) is 6.61 Å². The lowest BCUT2D eigenvalue weighted by Crippen LogP contribution is -2.57. The summed E-state index contributed by atoms with van der Waals surface area (Å²) in [6, 6.07) is 0. The van der Waals surface area contributed by atoms with Crippen molar-refractivity contribution in [1.29, 1.82) is 0 Å². The summed E-state index contributed by atoms with van der Waals surface area (Å²) in [7, 11) is 0. The van der Waals surface area contributed by atoms with E-state index in [0.29, 0.717) is 11.8 Å². The molecule has 4 heteroatoms. The molecule has 0 amide bonds. The second kappa shape index (κ2) is 4.94. The average molecular weight is 244 g/mol. The Hall–Kier alpha value is -0.610. The minimum absolute atomic E-state index is 0.274. The summed E-state index contributed by atoms with van der Waals surface area (Å²) in [4.78, 5) is 9.00. The molecule has 4 nitrogen and oxygen atoms in total. The van der Waals surface area contributed by atoms with Crippen molar-refractivity contribution in [3.63, 3.8) is 0 Å². The van der Waals surface area contributed by atoms with E-state index in [-0.39, 0.29) is 5.60 Å². The van der Waals surface area contributed by atoms with Crippen LogP contribution in [0.5, 0.6) is 0 Å². The zero-order valence-corrected chi connectivity index (χ0v) is 11.2. The number of aliphatic hydroxyl groups is 1. The SMILES string of the molecule is CC(=O)O.CC1CC(C)C2(O)CCOC2(C)C1. The predicted molar refractivity (Wildman–Crippen MR) is 64.8 cm³/mol. The van der Waals surface area contributed by atoms with E-state index in [4.69, 9.17) is 14.6 Å². The van der Waals surface area contributed by atoms with Gasteiger partial charge in [-0.2, -0.15) is 0 Å². The van der Waals surface area contributed by atoms with E-state index >= 15 is 0 Å². The summed E-state index contributed by atoms with van der Waals surface area (Å²) in [5.41, 5.74) is -0.830. The zero-order valence-electron chi connectivity index (χ0n) is 11.2. The van der Waals surface area contributed by atoms with Crippen molar-refractivity contribution in [3.8, 4) is 0 Å². The maximum Gasteiger partial charge on any atom is 0.300 e. The molecule has 1 saturated carbocycles. The maximum atomic E-state index is 10.5. The Morgan fingerprint density at radius 2 is 1.94 bits per heavy atom. The highest BCUT2D eigenvalue weighted by Crippen LogP contribution is 2.50. The highest BCUT2D eigenvalue weighted by molar-refractivity contribution is 5.62. The van der Waals surface area contributed by atoms with Gasteiger partial charge in [-0.25, -0.2) is 0 Å². The third kappa shape index (κ3) is 2.80. The average Bonchev–Trinajstić information content (AvgIpc) is 2.42. The van der Waals surface area contributed by atoms with Gasteiger partial charge in [0.15, 0.2) is 0 Å². The number of hydrogen-bond donors (Lipinski definition) is 2. The summed E-state index contributed by atoms with van der Waals surface area (Å²) < 4.78 is 5.74. The van der Waals surface area contributed by atoms with Gasteiger partial charge in [-0.15, -0.1) is 0 Å². The molecule has 4 unspecified atom stereocenters. The lowest BCUT2D eigenvalue weighted by Gasteiger charge is -2.48. The van der Waals surface area contributed by atoms with Crippen molar-refractivity contribution in [2.45, 2.75) is 58.2 Å². The fourth-order valence-corrected chi connectivity index (χ4v) is 3.37. The third-order valence-corrected chi connectivity index (χ3v) is 4.13. The molecule has 1 heterocycles. The van der Waals surface area contributed by atoms with E-state index in [1.807, 2.05) is 0 Å². The normalized spacial score (nSPS) is 44.5. The van der Waals surface area contributed by atoms with Crippen LogP contribution in [-0.2, 0) is 9.53 Å². The third-order valence-electron chi connectivity index (χ3n) is 4.13. The number of carbonyl (C=O) groups is 1. The van der Waals surface area contributed by atoms with Gasteiger partial charge in [0.25, 0.3) is 5.97 Å². The first-order chi connectivity index (χ1) is 7.71. The zero-order chi connectivity index (χ0) is 13.3. The Morgan fingerprint density at radius 3 is 2.47 bits per heavy atom. The number of fused-ring (bicyclic) bond motifs is 1. The molecule has 0 aromatic rings. The quantitative estimate of drug-likeness (QED) is 0.684. The maximum absolute atomic E-state index is 10.5. The predicted octanol–water partition coefficient (Wildman–Crippen LogP) is 2.05. The van der Waals surface area contributed by atoms with Gasteiger partial charge >= 0.3 is 0 Å². The number of carboxylic acids is 1. The van der Waals surface area contributed by atoms with Crippen molar-refractivity contribution < 1.29 is 19.7 Å². The smallest absolute Gasteiger partial charge is 0.300 e. The summed E-state index contributed by atoms with van der Waals surface area (Å²) in [5, 5.41) is 17.9. The van der Waals surface area contributed by atoms with E-state index in [1.54, 1.807) is 0 Å². The van der Waals surface area contributed by atoms with E-state index in [2.05, 4.69) is 20.8 Å². The molecule has 2 fully saturated rings. The van der Waals surface area contributed by atoms with Crippen LogP contribution in [0.25, 0.3) is 0 Å². The molecule has 2 aliphatic rings. The topological polar surface area (TPSA) is 66.8 Å². The molecule has 2 rings (SSSR count). The van der Waals surface area contributed by atoms with E-state index < -0.39 is 11.6 Å².